The van der Waals surface area contributed by atoms with Crippen molar-refractivity contribution < 1.29 is 17.9 Å². The summed E-state index contributed by atoms with van der Waals surface area (Å²) in [5.41, 5.74) is 2.05. The van der Waals surface area contributed by atoms with Crippen molar-refractivity contribution in [2.75, 3.05) is 0 Å². The number of halogens is 3. The summed E-state index contributed by atoms with van der Waals surface area (Å²) in [6.45, 7) is 5.92. The van der Waals surface area contributed by atoms with Gasteiger partial charge in [0, 0.05) is 0 Å². The fourth-order valence-electron chi connectivity index (χ4n) is 5.92. The van der Waals surface area contributed by atoms with Crippen LogP contribution in [0.25, 0.3) is 0 Å². The molecule has 35 heavy (non-hydrogen) atoms. The van der Waals surface area contributed by atoms with Gasteiger partial charge >= 0.3 is 6.11 Å². The Hall–Kier alpha value is -2.07. The smallest absolute Gasteiger partial charge is 0.309 e. The fourth-order valence-corrected chi connectivity index (χ4v) is 5.92. The van der Waals surface area contributed by atoms with Gasteiger partial charge in [-0.2, -0.15) is 8.78 Å². The van der Waals surface area contributed by atoms with Crippen LogP contribution in [0.15, 0.2) is 54.6 Å². The lowest BCUT2D eigenvalue weighted by Crippen LogP contribution is -2.22. The lowest BCUT2D eigenvalue weighted by molar-refractivity contribution is -0.273. The van der Waals surface area contributed by atoms with Crippen molar-refractivity contribution >= 4 is 0 Å². The molecule has 0 amide bonds. The number of alkyl halides is 2. The van der Waals surface area contributed by atoms with Gasteiger partial charge < -0.3 is 4.74 Å². The molecule has 0 spiro atoms. The number of hydrogen-bond donors (Lipinski definition) is 0. The van der Waals surface area contributed by atoms with Crippen molar-refractivity contribution in [3.05, 3.63) is 82.7 Å². The first-order chi connectivity index (χ1) is 16.8. The third-order valence-corrected chi connectivity index (χ3v) is 8.23. The third-order valence-electron chi connectivity index (χ3n) is 8.23. The predicted octanol–water partition coefficient (Wildman–Crippen LogP) is 9.80. The third kappa shape index (κ3) is 6.39. The molecule has 0 aliphatic heterocycles. The quantitative estimate of drug-likeness (QED) is 0.355. The van der Waals surface area contributed by atoms with E-state index in [0.717, 1.165) is 37.2 Å². The minimum atomic E-state index is -3.70. The summed E-state index contributed by atoms with van der Waals surface area (Å²) >= 11 is 0. The van der Waals surface area contributed by atoms with Crippen molar-refractivity contribution in [2.45, 2.75) is 96.2 Å². The first kappa shape index (κ1) is 26.0. The van der Waals surface area contributed by atoms with E-state index < -0.39 is 23.6 Å². The van der Waals surface area contributed by atoms with Crippen LogP contribution in [0.5, 0.6) is 0 Å². The Labute approximate surface area is 208 Å². The number of hydrogen-bond acceptors (Lipinski definition) is 1. The lowest BCUT2D eigenvalue weighted by atomic mass is 9.78. The van der Waals surface area contributed by atoms with Gasteiger partial charge in [-0.3, -0.25) is 0 Å². The summed E-state index contributed by atoms with van der Waals surface area (Å²) in [4.78, 5) is 0. The molecule has 0 saturated heterocycles. The monoisotopic (exact) mass is 484 g/mol. The number of allylic oxidation sites excluding steroid dienone is 2. The van der Waals surface area contributed by atoms with Crippen molar-refractivity contribution in [1.29, 1.82) is 0 Å². The first-order valence-corrected chi connectivity index (χ1v) is 13.3. The fraction of sp³-hybridized carbons (Fsp3) is 0.548. The van der Waals surface area contributed by atoms with Gasteiger partial charge in [-0.25, -0.2) is 4.39 Å². The van der Waals surface area contributed by atoms with Crippen LogP contribution in [0, 0.1) is 17.7 Å². The van der Waals surface area contributed by atoms with Gasteiger partial charge in [0.1, 0.15) is 5.82 Å². The molecule has 2 aromatic rings. The highest BCUT2D eigenvalue weighted by molar-refractivity contribution is 5.30. The first-order valence-electron chi connectivity index (χ1n) is 13.3. The molecule has 0 aromatic heterocycles. The average molecular weight is 485 g/mol. The van der Waals surface area contributed by atoms with E-state index in [-0.39, 0.29) is 5.92 Å². The second-order valence-electron chi connectivity index (χ2n) is 10.8. The molecule has 2 aliphatic rings. The maximum Gasteiger partial charge on any atom is 0.386 e. The lowest BCUT2D eigenvalue weighted by Gasteiger charge is -2.28. The number of rotatable bonds is 7. The summed E-state index contributed by atoms with van der Waals surface area (Å²) < 4.78 is 50.0. The molecule has 0 N–H and O–H groups in total. The van der Waals surface area contributed by atoms with Crippen molar-refractivity contribution in [1.82, 2.24) is 0 Å². The van der Waals surface area contributed by atoms with Gasteiger partial charge in [-0.15, -0.1) is 0 Å². The van der Waals surface area contributed by atoms with E-state index >= 15 is 0 Å². The molecule has 0 bridgehead atoms. The van der Waals surface area contributed by atoms with Crippen LogP contribution in [0.3, 0.4) is 0 Å². The second kappa shape index (κ2) is 11.3. The molecule has 190 valence electrons. The van der Waals surface area contributed by atoms with Crippen molar-refractivity contribution in [3.8, 4) is 0 Å². The van der Waals surface area contributed by atoms with Crippen molar-refractivity contribution in [2.24, 2.45) is 11.8 Å². The highest BCUT2D eigenvalue weighted by atomic mass is 19.3. The molecule has 0 radical (unpaired) electrons. The van der Waals surface area contributed by atoms with Crippen LogP contribution in [-0.2, 0) is 10.8 Å². The van der Waals surface area contributed by atoms with E-state index in [0.29, 0.717) is 17.4 Å². The molecule has 2 aliphatic carbocycles. The van der Waals surface area contributed by atoms with E-state index in [9.17, 15) is 13.2 Å². The maximum absolute atomic E-state index is 15.0. The minimum Gasteiger partial charge on any atom is -0.309 e. The van der Waals surface area contributed by atoms with Crippen LogP contribution in [0.1, 0.15) is 112 Å². The Bertz CT molecular complexity index is 981. The second-order valence-corrected chi connectivity index (χ2v) is 10.8. The van der Waals surface area contributed by atoms with E-state index in [4.69, 9.17) is 4.74 Å². The largest absolute Gasteiger partial charge is 0.386 e. The van der Waals surface area contributed by atoms with Gasteiger partial charge in [0.15, 0.2) is 0 Å². The summed E-state index contributed by atoms with van der Waals surface area (Å²) in [7, 11) is 0. The topological polar surface area (TPSA) is 9.23 Å². The average Bonchev–Trinajstić information content (AvgIpc) is 2.85. The van der Waals surface area contributed by atoms with E-state index in [1.807, 2.05) is 31.2 Å². The zero-order chi connectivity index (χ0) is 25.0. The molecule has 4 rings (SSSR count). The number of ether oxygens (including phenoxy) is 1. The van der Waals surface area contributed by atoms with E-state index in [1.54, 1.807) is 13.0 Å². The van der Waals surface area contributed by atoms with Crippen molar-refractivity contribution in [3.63, 3.8) is 0 Å². The zero-order valence-electron chi connectivity index (χ0n) is 21.3. The van der Waals surface area contributed by atoms with Gasteiger partial charge in [0.25, 0.3) is 0 Å². The summed E-state index contributed by atoms with van der Waals surface area (Å²) in [6, 6.07) is 12.0. The SMILES string of the molecule is C/C=C/C1CCC(c2ccc(C(F)(F)OC(C)c3ccc(C4CCC(C)CC4)cc3)c(F)c2)CC1. The van der Waals surface area contributed by atoms with Crippen LogP contribution in [-0.4, -0.2) is 0 Å². The molecule has 0 heterocycles. The molecular formula is C31H39F3O. The Morgan fingerprint density at radius 3 is 2.03 bits per heavy atom. The van der Waals surface area contributed by atoms with Gasteiger partial charge in [-0.1, -0.05) is 62.2 Å². The summed E-state index contributed by atoms with van der Waals surface area (Å²) in [6.07, 6.45) is 8.57. The minimum absolute atomic E-state index is 0.222. The molecule has 2 saturated carbocycles. The number of benzene rings is 2. The van der Waals surface area contributed by atoms with E-state index in [1.165, 1.54) is 43.4 Å². The highest BCUT2D eigenvalue weighted by Gasteiger charge is 2.38. The standard InChI is InChI=1S/C31H39F3O/c1-4-5-23-8-12-27(13-9-23)28-18-19-29(30(32)20-28)31(33,34)35-22(3)24-14-16-26(17-15-24)25-10-6-21(2)7-11-25/h4-5,14-23,25,27H,6-13H2,1-3H3/b5-4+. The maximum atomic E-state index is 15.0. The Morgan fingerprint density at radius 2 is 1.43 bits per heavy atom. The highest BCUT2D eigenvalue weighted by Crippen LogP contribution is 2.41. The normalized spacial score (nSPS) is 26.7. The Balaban J connectivity index is 1.39. The molecule has 4 heteroatoms. The van der Waals surface area contributed by atoms with Crippen LogP contribution < -0.4 is 0 Å². The predicted molar refractivity (Wildman–Crippen MR) is 136 cm³/mol. The van der Waals surface area contributed by atoms with E-state index in [2.05, 4.69) is 19.1 Å². The Kier molecular flexibility index (Phi) is 8.42. The molecule has 2 aromatic carbocycles. The summed E-state index contributed by atoms with van der Waals surface area (Å²) in [5.74, 6) is 1.23. The molecule has 1 unspecified atom stereocenters. The molecule has 2 fully saturated rings. The molecule has 1 atom stereocenters. The van der Waals surface area contributed by atoms with Crippen LogP contribution >= 0.6 is 0 Å². The van der Waals surface area contributed by atoms with Crippen LogP contribution in [0.4, 0.5) is 13.2 Å². The molecule has 1 nitrogen and oxygen atoms in total. The zero-order valence-corrected chi connectivity index (χ0v) is 21.3. The Morgan fingerprint density at radius 1 is 0.857 bits per heavy atom. The summed E-state index contributed by atoms with van der Waals surface area (Å²) in [5, 5.41) is 0. The van der Waals surface area contributed by atoms with Gasteiger partial charge in [0.2, 0.25) is 0 Å². The molecular weight excluding hydrogens is 445 g/mol. The van der Waals surface area contributed by atoms with Gasteiger partial charge in [0.05, 0.1) is 11.7 Å². The van der Waals surface area contributed by atoms with Crippen LogP contribution in [0.2, 0.25) is 0 Å². The van der Waals surface area contributed by atoms with Gasteiger partial charge in [-0.05, 0) is 105 Å².